The topological polar surface area (TPSA) is 394 Å². The van der Waals surface area contributed by atoms with Crippen LogP contribution in [0.15, 0.2) is 11.6 Å². The fourth-order valence-electron chi connectivity index (χ4n) is 18.3. The fraction of sp³-hybridized carbons (Fsp3) is 0.966. The van der Waals surface area contributed by atoms with Crippen molar-refractivity contribution < 1.29 is 128 Å². The summed E-state index contributed by atoms with van der Waals surface area (Å²) in [5.41, 5.74) is -0.980. The number of allylic oxidation sites excluding steroid dienone is 1. The number of ether oxygens (including phenoxy) is 12. The van der Waals surface area contributed by atoms with Crippen molar-refractivity contribution in [2.45, 2.75) is 272 Å². The summed E-state index contributed by atoms with van der Waals surface area (Å²) < 4.78 is 75.5. The summed E-state index contributed by atoms with van der Waals surface area (Å²) in [6, 6.07) is 0. The van der Waals surface area contributed by atoms with Crippen LogP contribution in [0.2, 0.25) is 0 Å². The minimum atomic E-state index is -2.04. The van der Waals surface area contributed by atoms with Crippen LogP contribution in [0.25, 0.3) is 0 Å². The highest BCUT2D eigenvalue weighted by atomic mass is 16.8. The number of fused-ring (bicyclic) bond motifs is 4. The van der Waals surface area contributed by atoms with E-state index in [9.17, 15) is 71.5 Å². The van der Waals surface area contributed by atoms with E-state index in [1.807, 2.05) is 20.8 Å². The van der Waals surface area contributed by atoms with Crippen LogP contribution in [-0.4, -0.2) is 269 Å². The quantitative estimate of drug-likeness (QED) is 0.0658. The maximum atomic E-state index is 12.3. The van der Waals surface area contributed by atoms with E-state index < -0.39 is 191 Å². The summed E-state index contributed by atoms with van der Waals surface area (Å²) in [4.78, 5) is 0. The Hall–Kier alpha value is -1.30. The highest BCUT2D eigenvalue weighted by molar-refractivity contribution is 5.27. The predicted molar refractivity (Wildman–Crippen MR) is 283 cm³/mol. The van der Waals surface area contributed by atoms with Crippen LogP contribution >= 0.6 is 0 Å². The molecule has 4 aliphatic carbocycles. The third-order valence-corrected chi connectivity index (χ3v) is 22.5. The monoisotopic (exact) mass is 1210 g/mol. The summed E-state index contributed by atoms with van der Waals surface area (Å²) in [5.74, 6) is -0.440. The molecule has 7 heterocycles. The smallest absolute Gasteiger partial charge is 0.187 e. The molecule has 0 aromatic heterocycles. The molecule has 11 rings (SSSR count). The van der Waals surface area contributed by atoms with Crippen molar-refractivity contribution in [1.29, 1.82) is 0 Å². The zero-order valence-electron chi connectivity index (χ0n) is 49.2. The van der Waals surface area contributed by atoms with Crippen LogP contribution in [0.1, 0.15) is 107 Å². The molecule has 0 unspecified atom stereocenters. The lowest BCUT2D eigenvalue weighted by molar-refractivity contribution is -0.401. The van der Waals surface area contributed by atoms with E-state index in [-0.39, 0.29) is 46.0 Å². The van der Waals surface area contributed by atoms with Gasteiger partial charge in [0.2, 0.25) is 0 Å². The summed E-state index contributed by atoms with van der Waals surface area (Å²) in [6.07, 6.45) is -31.8. The van der Waals surface area contributed by atoms with Gasteiger partial charge in [0.25, 0.3) is 0 Å². The standard InChI is InChI=1S/C58H94O26/c1-23(2)15-25-16-56(8,72)47-26-9-10-32-54(6)13-12-33(53(4,5)31(54)11-14-55(32,7)57(26)21-58(47,84-25)76-22-57)80-51-46(83-50-43(71)38(66)34(62)24(3)77-50)44(28(61)19-74-51)81-52-45(82-49-41(69)35(63)27(60)18-73-49)40(68)37(65)30(79-52)20-75-48-42(70)39(67)36(64)29(17-59)78-48/h15,24-52,59-72H,9-14,16-22H2,1-8H3/t24-,25+,26-,27-,28+,29-,30-,31+,32-,33+,34+,35+,36-,37-,38+,39+,40+,41-,42-,43-,44+,45-,46-,47+,48-,49+,50-,51+,52+,54+,55-,56+,57+,58+/m1/s1. The second-order valence-corrected chi connectivity index (χ2v) is 28.2. The van der Waals surface area contributed by atoms with E-state index >= 15 is 0 Å². The van der Waals surface area contributed by atoms with Crippen molar-refractivity contribution in [3.8, 4) is 0 Å². The first-order valence-electron chi connectivity index (χ1n) is 30.3. The van der Waals surface area contributed by atoms with Crippen LogP contribution in [-0.2, 0) is 56.8 Å². The zero-order valence-corrected chi connectivity index (χ0v) is 49.2. The van der Waals surface area contributed by atoms with Crippen molar-refractivity contribution in [3.05, 3.63) is 11.6 Å². The predicted octanol–water partition coefficient (Wildman–Crippen LogP) is -2.72. The molecule has 34 atom stereocenters. The van der Waals surface area contributed by atoms with Gasteiger partial charge in [-0.3, -0.25) is 0 Å². The first-order chi connectivity index (χ1) is 39.4. The van der Waals surface area contributed by atoms with Crippen molar-refractivity contribution >= 4 is 0 Å². The van der Waals surface area contributed by atoms with Gasteiger partial charge in [-0.15, -0.1) is 0 Å². The largest absolute Gasteiger partial charge is 0.394 e. The van der Waals surface area contributed by atoms with E-state index in [0.29, 0.717) is 19.4 Å². The number of hydrogen-bond acceptors (Lipinski definition) is 26. The van der Waals surface area contributed by atoms with Gasteiger partial charge >= 0.3 is 0 Å². The summed E-state index contributed by atoms with van der Waals surface area (Å²) >= 11 is 0. The normalized spacial score (nSPS) is 57.1. The van der Waals surface area contributed by atoms with Gasteiger partial charge in [0, 0.05) is 24.2 Å². The van der Waals surface area contributed by atoms with Crippen molar-refractivity contribution in [3.63, 3.8) is 0 Å². The van der Waals surface area contributed by atoms with Gasteiger partial charge in [-0.05, 0) is 100 Å². The molecule has 482 valence electrons. The third kappa shape index (κ3) is 10.5. The van der Waals surface area contributed by atoms with Crippen LogP contribution in [0.4, 0.5) is 0 Å². The Bertz CT molecular complexity index is 2330. The van der Waals surface area contributed by atoms with Gasteiger partial charge in [-0.1, -0.05) is 39.3 Å². The Balaban J connectivity index is 0.870. The summed E-state index contributed by atoms with van der Waals surface area (Å²) in [7, 11) is 0. The van der Waals surface area contributed by atoms with Gasteiger partial charge in [-0.2, -0.15) is 0 Å². The van der Waals surface area contributed by atoms with Gasteiger partial charge in [0.15, 0.2) is 37.2 Å². The van der Waals surface area contributed by atoms with Crippen LogP contribution in [0.3, 0.4) is 0 Å². The highest BCUT2D eigenvalue weighted by Gasteiger charge is 2.81. The molecule has 0 aromatic carbocycles. The number of aliphatic hydroxyl groups excluding tert-OH is 13. The maximum absolute atomic E-state index is 12.3. The molecule has 7 saturated heterocycles. The van der Waals surface area contributed by atoms with Crippen LogP contribution in [0, 0.1) is 45.3 Å². The maximum Gasteiger partial charge on any atom is 0.187 e. The average Bonchev–Trinajstić information content (AvgIpc) is 1.44. The Morgan fingerprint density at radius 1 is 0.583 bits per heavy atom. The van der Waals surface area contributed by atoms with E-state index in [4.69, 9.17) is 56.8 Å². The molecule has 0 aromatic rings. The second kappa shape index (κ2) is 23.4. The molecular weight excluding hydrogens is 1110 g/mol. The van der Waals surface area contributed by atoms with Crippen LogP contribution < -0.4 is 0 Å². The number of rotatable bonds is 13. The molecule has 14 N–H and O–H groups in total. The lowest BCUT2D eigenvalue weighted by Gasteiger charge is -2.70. The van der Waals surface area contributed by atoms with Crippen LogP contribution in [0.5, 0.6) is 0 Å². The molecule has 26 nitrogen and oxygen atoms in total. The first-order valence-corrected chi connectivity index (χ1v) is 30.3. The summed E-state index contributed by atoms with van der Waals surface area (Å²) in [6.45, 7) is 14.8. The minimum Gasteiger partial charge on any atom is -0.394 e. The molecule has 0 radical (unpaired) electrons. The van der Waals surface area contributed by atoms with E-state index in [2.05, 4.69) is 33.8 Å². The SMILES string of the molecule is CC(C)=C[C@H]1C[C@](C)(O)[C@@H]2[C@H]3CC[C@@H]4[C@@]5(C)CC[C@H](O[C@@H]6OC[C@H](O)[C@H](O[C@@H]7O[C@H](CO[C@@H]8O[C@H](CO)[C@@H](O)[C@H](O)[C@H]8O)[C@@H](O)[C@H](O)[C@H]7O[C@@H]7OC[C@@H](O)[C@H](O)[C@H]7O)[C@H]6O[C@H]6O[C@H](C)[C@H](O)[C@H](O)[C@H]6O)C(C)(C)[C@@H]5CC[C@@]4(C)[C@@]34CO[C@@]2(C4)O1. The van der Waals surface area contributed by atoms with E-state index in [1.54, 1.807) is 0 Å². The van der Waals surface area contributed by atoms with E-state index in [1.165, 1.54) is 6.92 Å². The molecule has 11 fully saturated rings. The van der Waals surface area contributed by atoms with Gasteiger partial charge in [0.05, 0.1) is 56.9 Å². The molecule has 2 bridgehead atoms. The second-order valence-electron chi connectivity index (χ2n) is 28.2. The molecule has 84 heavy (non-hydrogen) atoms. The third-order valence-electron chi connectivity index (χ3n) is 22.5. The fourth-order valence-corrected chi connectivity index (χ4v) is 18.3. The minimum absolute atomic E-state index is 0.110. The molecule has 0 amide bonds. The lowest BCUT2D eigenvalue weighted by Crippen LogP contribution is -2.68. The van der Waals surface area contributed by atoms with Gasteiger partial charge in [-0.25, -0.2) is 0 Å². The lowest BCUT2D eigenvalue weighted by atomic mass is 9.35. The van der Waals surface area contributed by atoms with Gasteiger partial charge < -0.3 is 128 Å². The Morgan fingerprint density at radius 2 is 1.21 bits per heavy atom. The summed E-state index contributed by atoms with van der Waals surface area (Å²) in [5, 5.41) is 154. The molecule has 7 aliphatic heterocycles. The zero-order chi connectivity index (χ0) is 60.7. The Kier molecular flexibility index (Phi) is 17.9. The molecular formula is C58H94O26. The number of aliphatic hydroxyl groups is 14. The number of hydrogen-bond donors (Lipinski definition) is 14. The van der Waals surface area contributed by atoms with Crippen molar-refractivity contribution in [2.24, 2.45) is 45.3 Å². The highest BCUT2D eigenvalue weighted by Crippen LogP contribution is 2.80. The molecule has 2 spiro atoms. The Labute approximate surface area is 488 Å². The van der Waals surface area contributed by atoms with Crippen molar-refractivity contribution in [2.75, 3.05) is 33.0 Å². The molecule has 11 aliphatic rings. The van der Waals surface area contributed by atoms with Gasteiger partial charge in [0.1, 0.15) is 104 Å². The first kappa shape index (κ1) is 64.2. The molecule has 26 heteroatoms. The average molecular weight is 1210 g/mol. The Morgan fingerprint density at radius 3 is 1.93 bits per heavy atom. The van der Waals surface area contributed by atoms with Crippen molar-refractivity contribution in [1.82, 2.24) is 0 Å². The molecule has 4 saturated carbocycles. The van der Waals surface area contributed by atoms with E-state index in [0.717, 1.165) is 44.1 Å².